The molecule has 0 bridgehead atoms. The number of nitro benzene ring substituents is 1. The second-order valence-corrected chi connectivity index (χ2v) is 4.38. The van der Waals surface area contributed by atoms with Crippen molar-refractivity contribution in [3.8, 4) is 5.75 Å². The molecule has 0 aliphatic heterocycles. The topological polar surface area (TPSA) is 61.6 Å². The average Bonchev–Trinajstić information content (AvgIpc) is 2.30. The Labute approximate surface area is 116 Å². The van der Waals surface area contributed by atoms with Crippen LogP contribution in [0.2, 0.25) is 0 Å². The average molecular weight is 343 g/mol. The van der Waals surface area contributed by atoms with Crippen molar-refractivity contribution < 1.29 is 18.8 Å². The van der Waals surface area contributed by atoms with Crippen LogP contribution in [0.3, 0.4) is 0 Å². The maximum atomic E-state index is 13.0. The van der Waals surface area contributed by atoms with Gasteiger partial charge < -0.3 is 9.47 Å². The summed E-state index contributed by atoms with van der Waals surface area (Å²) in [5, 5.41) is 10.8. The van der Waals surface area contributed by atoms with E-state index in [1.165, 1.54) is 0 Å². The normalized spacial score (nSPS) is 10.4. The van der Waals surface area contributed by atoms with Gasteiger partial charge in [0.15, 0.2) is 0 Å². The Bertz CT molecular complexity index is 433. The zero-order chi connectivity index (χ0) is 13.5. The third kappa shape index (κ3) is 4.40. The number of hydrogen-bond acceptors (Lipinski definition) is 4. The van der Waals surface area contributed by atoms with Gasteiger partial charge in [-0.15, -0.1) is 11.6 Å². The quantitative estimate of drug-likeness (QED) is 0.330. The number of nitrogens with zero attached hydrogens (tertiary/aromatic N) is 1. The maximum absolute atomic E-state index is 13.0. The first-order chi connectivity index (χ1) is 8.56. The Kier molecular flexibility index (Phi) is 6.31. The summed E-state index contributed by atoms with van der Waals surface area (Å²) in [7, 11) is 0. The minimum absolute atomic E-state index is 0.0177. The summed E-state index contributed by atoms with van der Waals surface area (Å²) in [6.07, 6.45) is 0. The smallest absolute Gasteiger partial charge is 0.315 e. The van der Waals surface area contributed by atoms with E-state index in [0.717, 1.165) is 12.1 Å². The highest BCUT2D eigenvalue weighted by Gasteiger charge is 2.20. The van der Waals surface area contributed by atoms with Crippen molar-refractivity contribution in [2.45, 2.75) is 0 Å². The summed E-state index contributed by atoms with van der Waals surface area (Å²) in [4.78, 5) is 10.0. The van der Waals surface area contributed by atoms with Gasteiger partial charge in [-0.25, -0.2) is 4.39 Å². The fourth-order valence-corrected chi connectivity index (χ4v) is 1.83. The molecule has 1 aromatic carbocycles. The summed E-state index contributed by atoms with van der Waals surface area (Å²) in [5.41, 5.74) is -0.431. The van der Waals surface area contributed by atoms with Crippen molar-refractivity contribution in [2.75, 3.05) is 25.7 Å². The molecule has 8 heteroatoms. The van der Waals surface area contributed by atoms with Crippen molar-refractivity contribution in [1.82, 2.24) is 0 Å². The summed E-state index contributed by atoms with van der Waals surface area (Å²) < 4.78 is 23.5. The predicted octanol–water partition coefficient (Wildman–Crippen LogP) is 3.13. The lowest BCUT2D eigenvalue weighted by Gasteiger charge is -2.08. The Morgan fingerprint density at radius 1 is 1.39 bits per heavy atom. The monoisotopic (exact) mass is 341 g/mol. The standard InChI is InChI=1S/C10H10BrClFNO4/c11-8-5-7(13)6-9(14(15)16)10(8)18-4-3-17-2-1-12/h5-6H,1-4H2. The zero-order valence-electron chi connectivity index (χ0n) is 9.20. The lowest BCUT2D eigenvalue weighted by Crippen LogP contribution is -2.09. The highest BCUT2D eigenvalue weighted by molar-refractivity contribution is 9.10. The number of halogens is 3. The van der Waals surface area contributed by atoms with Gasteiger partial charge >= 0.3 is 5.69 Å². The van der Waals surface area contributed by atoms with Gasteiger partial charge in [-0.3, -0.25) is 10.1 Å². The molecule has 0 spiro atoms. The van der Waals surface area contributed by atoms with Gasteiger partial charge in [-0.1, -0.05) is 0 Å². The number of nitro groups is 1. The fourth-order valence-electron chi connectivity index (χ4n) is 1.18. The van der Waals surface area contributed by atoms with Gasteiger partial charge in [0.1, 0.15) is 12.4 Å². The molecule has 5 nitrogen and oxygen atoms in total. The molecule has 1 aromatic rings. The molecule has 0 heterocycles. The molecule has 18 heavy (non-hydrogen) atoms. The number of hydrogen-bond donors (Lipinski definition) is 0. The molecule has 100 valence electrons. The van der Waals surface area contributed by atoms with Crippen LogP contribution in [0.25, 0.3) is 0 Å². The third-order valence-corrected chi connectivity index (χ3v) is 2.62. The van der Waals surface area contributed by atoms with Gasteiger partial charge in [0, 0.05) is 5.88 Å². The van der Waals surface area contributed by atoms with E-state index in [2.05, 4.69) is 15.9 Å². The second-order valence-electron chi connectivity index (χ2n) is 3.14. The molecule has 0 saturated carbocycles. The van der Waals surface area contributed by atoms with Crippen LogP contribution in [0.4, 0.5) is 10.1 Å². The van der Waals surface area contributed by atoms with Crippen LogP contribution in [-0.4, -0.2) is 30.6 Å². The minimum Gasteiger partial charge on any atom is -0.484 e. The lowest BCUT2D eigenvalue weighted by atomic mass is 10.3. The highest BCUT2D eigenvalue weighted by atomic mass is 79.9. The van der Waals surface area contributed by atoms with Crippen molar-refractivity contribution in [3.63, 3.8) is 0 Å². The molecule has 0 unspecified atom stereocenters. The van der Waals surface area contributed by atoms with Crippen molar-refractivity contribution in [2.24, 2.45) is 0 Å². The Hall–Kier alpha value is -0.920. The SMILES string of the molecule is O=[N+]([O-])c1cc(F)cc(Br)c1OCCOCCCl. The molecule has 0 saturated heterocycles. The van der Waals surface area contributed by atoms with Gasteiger partial charge in [0.2, 0.25) is 5.75 Å². The Balaban J connectivity index is 2.71. The molecular formula is C10H10BrClFNO4. The van der Waals surface area contributed by atoms with Crippen LogP contribution in [0, 0.1) is 15.9 Å². The van der Waals surface area contributed by atoms with Gasteiger partial charge in [-0.05, 0) is 22.0 Å². The maximum Gasteiger partial charge on any atom is 0.315 e. The first-order valence-corrected chi connectivity index (χ1v) is 6.29. The molecule has 0 radical (unpaired) electrons. The fraction of sp³-hybridized carbons (Fsp3) is 0.400. The van der Waals surface area contributed by atoms with Crippen LogP contribution in [0.15, 0.2) is 16.6 Å². The molecule has 0 amide bonds. The van der Waals surface area contributed by atoms with Crippen LogP contribution < -0.4 is 4.74 Å². The summed E-state index contributed by atoms with van der Waals surface area (Å²) in [6, 6.07) is 1.90. The van der Waals surface area contributed by atoms with Gasteiger partial charge in [0.25, 0.3) is 0 Å². The Morgan fingerprint density at radius 3 is 2.72 bits per heavy atom. The van der Waals surface area contributed by atoms with Gasteiger partial charge in [0.05, 0.1) is 28.7 Å². The molecular weight excluding hydrogens is 332 g/mol. The van der Waals surface area contributed by atoms with Gasteiger partial charge in [-0.2, -0.15) is 0 Å². The number of benzene rings is 1. The predicted molar refractivity (Wildman–Crippen MR) is 67.8 cm³/mol. The van der Waals surface area contributed by atoms with Crippen LogP contribution in [0.1, 0.15) is 0 Å². The molecule has 0 aromatic heterocycles. The van der Waals surface area contributed by atoms with Crippen molar-refractivity contribution in [3.05, 3.63) is 32.5 Å². The molecule has 0 fully saturated rings. The van der Waals surface area contributed by atoms with E-state index < -0.39 is 16.4 Å². The lowest BCUT2D eigenvalue weighted by molar-refractivity contribution is -0.386. The van der Waals surface area contributed by atoms with E-state index in [9.17, 15) is 14.5 Å². The molecule has 0 N–H and O–H groups in total. The molecule has 1 rings (SSSR count). The third-order valence-electron chi connectivity index (χ3n) is 1.88. The minimum atomic E-state index is -0.709. The van der Waals surface area contributed by atoms with E-state index in [4.69, 9.17) is 21.1 Å². The van der Waals surface area contributed by atoms with E-state index >= 15 is 0 Å². The van der Waals surface area contributed by atoms with E-state index in [1.54, 1.807) is 0 Å². The summed E-state index contributed by atoms with van der Waals surface area (Å²) in [5.74, 6) is -0.365. The van der Waals surface area contributed by atoms with E-state index in [0.29, 0.717) is 12.5 Å². The van der Waals surface area contributed by atoms with Crippen LogP contribution in [-0.2, 0) is 4.74 Å². The van der Waals surface area contributed by atoms with Crippen LogP contribution in [0.5, 0.6) is 5.75 Å². The number of alkyl halides is 1. The summed E-state index contributed by atoms with van der Waals surface area (Å²) in [6.45, 7) is 0.729. The molecule has 0 aliphatic carbocycles. The first-order valence-electron chi connectivity index (χ1n) is 4.96. The summed E-state index contributed by atoms with van der Waals surface area (Å²) >= 11 is 8.42. The zero-order valence-corrected chi connectivity index (χ0v) is 11.5. The largest absolute Gasteiger partial charge is 0.484 e. The number of rotatable bonds is 7. The Morgan fingerprint density at radius 2 is 2.11 bits per heavy atom. The second kappa shape index (κ2) is 7.50. The number of ether oxygens (including phenoxy) is 2. The van der Waals surface area contributed by atoms with Crippen molar-refractivity contribution >= 4 is 33.2 Å². The van der Waals surface area contributed by atoms with Crippen molar-refractivity contribution in [1.29, 1.82) is 0 Å². The van der Waals surface area contributed by atoms with E-state index in [1.807, 2.05) is 0 Å². The molecule has 0 atom stereocenters. The highest BCUT2D eigenvalue weighted by Crippen LogP contribution is 2.35. The first kappa shape index (κ1) is 15.1. The molecule has 0 aliphatic rings. The van der Waals surface area contributed by atoms with Crippen LogP contribution >= 0.6 is 27.5 Å². The van der Waals surface area contributed by atoms with E-state index in [-0.39, 0.29) is 23.4 Å².